The van der Waals surface area contributed by atoms with E-state index >= 15 is 0 Å². The second-order valence-electron chi connectivity index (χ2n) is 4.90. The summed E-state index contributed by atoms with van der Waals surface area (Å²) < 4.78 is 26.4. The third kappa shape index (κ3) is 3.31. The fourth-order valence-corrected chi connectivity index (χ4v) is 2.32. The summed E-state index contributed by atoms with van der Waals surface area (Å²) in [5.41, 5.74) is 0.160. The van der Waals surface area contributed by atoms with Crippen molar-refractivity contribution < 1.29 is 23.5 Å². The van der Waals surface area contributed by atoms with Gasteiger partial charge in [-0.25, -0.2) is 8.78 Å². The summed E-state index contributed by atoms with van der Waals surface area (Å²) in [6.07, 6.45) is 0.596. The van der Waals surface area contributed by atoms with Gasteiger partial charge in [0, 0.05) is 19.5 Å². The molecule has 0 aromatic heterocycles. The predicted octanol–water partition coefficient (Wildman–Crippen LogP) is 1.83. The second kappa shape index (κ2) is 5.98. The molecule has 1 atom stereocenters. The van der Waals surface area contributed by atoms with Crippen molar-refractivity contribution in [2.24, 2.45) is 5.92 Å². The van der Waals surface area contributed by atoms with Crippen LogP contribution in [0.3, 0.4) is 0 Å². The number of aryl methyl sites for hydroxylation is 1. The van der Waals surface area contributed by atoms with Crippen LogP contribution in [0.2, 0.25) is 0 Å². The van der Waals surface area contributed by atoms with Gasteiger partial charge in [0.15, 0.2) is 0 Å². The molecule has 4 nitrogen and oxygen atoms in total. The Balaban J connectivity index is 1.90. The van der Waals surface area contributed by atoms with Crippen molar-refractivity contribution in [3.05, 3.63) is 35.4 Å². The predicted molar refractivity (Wildman–Crippen MR) is 67.0 cm³/mol. The van der Waals surface area contributed by atoms with Gasteiger partial charge in [-0.15, -0.1) is 0 Å². The van der Waals surface area contributed by atoms with Crippen molar-refractivity contribution in [1.29, 1.82) is 0 Å². The molecule has 1 saturated heterocycles. The number of nitrogens with zero attached hydrogens (tertiary/aromatic N) is 1. The van der Waals surface area contributed by atoms with E-state index in [4.69, 9.17) is 5.11 Å². The Morgan fingerprint density at radius 3 is 2.75 bits per heavy atom. The number of carbonyl (C=O) groups is 2. The van der Waals surface area contributed by atoms with E-state index in [9.17, 15) is 18.4 Å². The van der Waals surface area contributed by atoms with E-state index in [0.717, 1.165) is 18.2 Å². The average Bonchev–Trinajstić information content (AvgIpc) is 2.89. The zero-order chi connectivity index (χ0) is 14.7. The highest BCUT2D eigenvalue weighted by Crippen LogP contribution is 2.18. The van der Waals surface area contributed by atoms with Crippen molar-refractivity contribution in [3.63, 3.8) is 0 Å². The maximum absolute atomic E-state index is 13.4. The number of carbonyl (C=O) groups excluding carboxylic acids is 1. The molecule has 0 bridgehead atoms. The van der Waals surface area contributed by atoms with Crippen molar-refractivity contribution in [2.75, 3.05) is 13.1 Å². The van der Waals surface area contributed by atoms with Crippen LogP contribution in [0.15, 0.2) is 18.2 Å². The minimum Gasteiger partial charge on any atom is -0.481 e. The molecule has 1 unspecified atom stereocenters. The van der Waals surface area contributed by atoms with Crippen LogP contribution in [0.5, 0.6) is 0 Å². The molecule has 6 heteroatoms. The summed E-state index contributed by atoms with van der Waals surface area (Å²) in [4.78, 5) is 24.2. The molecule has 1 N–H and O–H groups in total. The quantitative estimate of drug-likeness (QED) is 0.917. The fourth-order valence-electron chi connectivity index (χ4n) is 2.32. The summed E-state index contributed by atoms with van der Waals surface area (Å²) >= 11 is 0. The van der Waals surface area contributed by atoms with Crippen LogP contribution in [0.4, 0.5) is 8.78 Å². The molecule has 1 fully saturated rings. The molecule has 2 rings (SSSR count). The highest BCUT2D eigenvalue weighted by atomic mass is 19.1. The van der Waals surface area contributed by atoms with Crippen molar-refractivity contribution in [3.8, 4) is 0 Å². The minimum atomic E-state index is -0.906. The largest absolute Gasteiger partial charge is 0.481 e. The van der Waals surface area contributed by atoms with E-state index in [1.54, 1.807) is 0 Å². The van der Waals surface area contributed by atoms with Crippen LogP contribution in [0.25, 0.3) is 0 Å². The Bertz CT molecular complexity index is 533. The van der Waals surface area contributed by atoms with Gasteiger partial charge in [-0.3, -0.25) is 9.59 Å². The molecule has 108 valence electrons. The lowest BCUT2D eigenvalue weighted by Crippen LogP contribution is -2.30. The molecule has 1 aromatic carbocycles. The maximum Gasteiger partial charge on any atom is 0.308 e. The van der Waals surface area contributed by atoms with Gasteiger partial charge < -0.3 is 10.0 Å². The molecule has 1 aromatic rings. The Morgan fingerprint density at radius 1 is 1.35 bits per heavy atom. The lowest BCUT2D eigenvalue weighted by molar-refractivity contribution is -0.141. The number of halogens is 2. The van der Waals surface area contributed by atoms with Gasteiger partial charge in [-0.05, 0) is 36.6 Å². The van der Waals surface area contributed by atoms with Gasteiger partial charge in [0.1, 0.15) is 11.6 Å². The standard InChI is InChI=1S/C14H15F2NO3/c15-11-2-3-12(16)9(7-11)1-4-13(18)17-6-5-10(8-17)14(19)20/h2-3,7,10H,1,4-6,8H2,(H,19,20). The number of carboxylic acid groups (broad SMARTS) is 1. The van der Waals surface area contributed by atoms with E-state index in [1.165, 1.54) is 4.90 Å². The van der Waals surface area contributed by atoms with Crippen LogP contribution in [-0.2, 0) is 16.0 Å². The zero-order valence-electron chi connectivity index (χ0n) is 10.8. The third-order valence-corrected chi connectivity index (χ3v) is 3.51. The maximum atomic E-state index is 13.4. The molecule has 0 saturated carbocycles. The molecule has 0 radical (unpaired) electrons. The Kier molecular flexibility index (Phi) is 4.32. The van der Waals surface area contributed by atoms with Crippen molar-refractivity contribution in [2.45, 2.75) is 19.3 Å². The zero-order valence-corrected chi connectivity index (χ0v) is 10.8. The fraction of sp³-hybridized carbons (Fsp3) is 0.429. The second-order valence-corrected chi connectivity index (χ2v) is 4.90. The number of likely N-dealkylation sites (tertiary alicyclic amines) is 1. The van der Waals surface area contributed by atoms with Gasteiger partial charge in [0.2, 0.25) is 5.91 Å². The summed E-state index contributed by atoms with van der Waals surface area (Å²) in [7, 11) is 0. The van der Waals surface area contributed by atoms with Crippen molar-refractivity contribution in [1.82, 2.24) is 4.90 Å². The SMILES string of the molecule is O=C(O)C1CCN(C(=O)CCc2cc(F)ccc2F)C1. The molecule has 1 aliphatic heterocycles. The first-order chi connectivity index (χ1) is 9.47. The summed E-state index contributed by atoms with van der Waals surface area (Å²) in [6.45, 7) is 0.598. The first-order valence-electron chi connectivity index (χ1n) is 6.42. The smallest absolute Gasteiger partial charge is 0.308 e. The van der Waals surface area contributed by atoms with Gasteiger partial charge in [0.25, 0.3) is 0 Å². The molecular formula is C14H15F2NO3. The van der Waals surface area contributed by atoms with Gasteiger partial charge in [-0.1, -0.05) is 0 Å². The number of aliphatic carboxylic acids is 1. The first kappa shape index (κ1) is 14.4. The topological polar surface area (TPSA) is 57.6 Å². The van der Waals surface area contributed by atoms with E-state index in [0.29, 0.717) is 13.0 Å². The number of carboxylic acids is 1. The summed E-state index contributed by atoms with van der Waals surface area (Å²) in [5.74, 6) is -2.73. The first-order valence-corrected chi connectivity index (χ1v) is 6.42. The number of benzene rings is 1. The number of hydrogen-bond acceptors (Lipinski definition) is 2. The van der Waals surface area contributed by atoms with Crippen LogP contribution < -0.4 is 0 Å². The molecule has 20 heavy (non-hydrogen) atoms. The normalized spacial score (nSPS) is 18.3. The minimum absolute atomic E-state index is 0.0483. The molecule has 1 aliphatic rings. The van der Waals surface area contributed by atoms with E-state index in [-0.39, 0.29) is 30.9 Å². The Morgan fingerprint density at radius 2 is 2.10 bits per heavy atom. The van der Waals surface area contributed by atoms with Crippen molar-refractivity contribution >= 4 is 11.9 Å². The van der Waals surface area contributed by atoms with E-state index in [1.807, 2.05) is 0 Å². The average molecular weight is 283 g/mol. The van der Waals surface area contributed by atoms with E-state index < -0.39 is 23.5 Å². The van der Waals surface area contributed by atoms with Gasteiger partial charge >= 0.3 is 5.97 Å². The molecule has 1 amide bonds. The highest BCUT2D eigenvalue weighted by molar-refractivity contribution is 5.78. The summed E-state index contributed by atoms with van der Waals surface area (Å²) in [6, 6.07) is 3.14. The molecule has 0 spiro atoms. The molecule has 1 heterocycles. The third-order valence-electron chi connectivity index (χ3n) is 3.51. The lowest BCUT2D eigenvalue weighted by Gasteiger charge is -2.15. The van der Waals surface area contributed by atoms with Crippen LogP contribution in [0.1, 0.15) is 18.4 Å². The van der Waals surface area contributed by atoms with Crippen LogP contribution >= 0.6 is 0 Å². The van der Waals surface area contributed by atoms with Crippen LogP contribution in [0, 0.1) is 17.6 Å². The van der Waals surface area contributed by atoms with Gasteiger partial charge in [0.05, 0.1) is 5.92 Å². The monoisotopic (exact) mass is 283 g/mol. The molecular weight excluding hydrogens is 268 g/mol. The Hall–Kier alpha value is -1.98. The summed E-state index contributed by atoms with van der Waals surface area (Å²) in [5, 5.41) is 8.86. The van der Waals surface area contributed by atoms with Crippen LogP contribution in [-0.4, -0.2) is 35.0 Å². The Labute approximate surface area is 115 Å². The molecule has 0 aliphatic carbocycles. The number of rotatable bonds is 4. The van der Waals surface area contributed by atoms with Gasteiger partial charge in [-0.2, -0.15) is 0 Å². The lowest BCUT2D eigenvalue weighted by atomic mass is 10.1. The van der Waals surface area contributed by atoms with E-state index in [2.05, 4.69) is 0 Å². The number of hydrogen-bond donors (Lipinski definition) is 1. The highest BCUT2D eigenvalue weighted by Gasteiger charge is 2.30. The number of amides is 1.